The molecular formula is C17H13FN2O2. The van der Waals surface area contributed by atoms with Gasteiger partial charge in [0.2, 0.25) is 6.41 Å². The molecule has 0 saturated heterocycles. The van der Waals surface area contributed by atoms with Gasteiger partial charge < -0.3 is 9.88 Å². The van der Waals surface area contributed by atoms with Gasteiger partial charge in [0, 0.05) is 22.2 Å². The molecule has 0 atom stereocenters. The van der Waals surface area contributed by atoms with Gasteiger partial charge in [-0.3, -0.25) is 9.59 Å². The highest BCUT2D eigenvalue weighted by atomic mass is 19.1. The van der Waals surface area contributed by atoms with Crippen molar-refractivity contribution in [1.29, 1.82) is 0 Å². The van der Waals surface area contributed by atoms with Gasteiger partial charge in [-0.25, -0.2) is 4.39 Å². The lowest BCUT2D eigenvalue weighted by molar-refractivity contribution is -0.105. The monoisotopic (exact) mass is 296 g/mol. The maximum Gasteiger partial charge on any atom is 0.211 e. The molecule has 3 aromatic rings. The first-order valence-electron chi connectivity index (χ1n) is 6.75. The van der Waals surface area contributed by atoms with Crippen LogP contribution in [0.25, 0.3) is 10.9 Å². The predicted octanol–water partition coefficient (Wildman–Crippen LogP) is 3.21. The van der Waals surface area contributed by atoms with Gasteiger partial charge >= 0.3 is 0 Å². The average Bonchev–Trinajstić information content (AvgIpc) is 2.87. The fourth-order valence-corrected chi connectivity index (χ4v) is 2.52. The molecule has 1 heterocycles. The molecule has 0 unspecified atom stereocenters. The van der Waals surface area contributed by atoms with Crippen LogP contribution in [0.4, 0.5) is 10.1 Å². The molecular weight excluding hydrogens is 283 g/mol. The maximum atomic E-state index is 13.8. The Morgan fingerprint density at radius 3 is 2.64 bits per heavy atom. The number of aromatic nitrogens is 1. The van der Waals surface area contributed by atoms with E-state index in [-0.39, 0.29) is 12.4 Å². The van der Waals surface area contributed by atoms with Crippen molar-refractivity contribution in [3.05, 3.63) is 65.6 Å². The van der Waals surface area contributed by atoms with E-state index in [1.165, 1.54) is 6.07 Å². The number of nitrogens with one attached hydrogen (secondary N) is 1. The molecule has 0 spiro atoms. The molecule has 1 aromatic heterocycles. The number of halogens is 1. The Morgan fingerprint density at radius 2 is 1.91 bits per heavy atom. The summed E-state index contributed by atoms with van der Waals surface area (Å²) >= 11 is 0. The molecule has 3 rings (SSSR count). The zero-order chi connectivity index (χ0) is 15.5. The zero-order valence-corrected chi connectivity index (χ0v) is 11.6. The molecule has 1 amide bonds. The van der Waals surface area contributed by atoms with Crippen LogP contribution in [-0.4, -0.2) is 17.3 Å². The predicted molar refractivity (Wildman–Crippen MR) is 82.5 cm³/mol. The first-order valence-corrected chi connectivity index (χ1v) is 6.75. The van der Waals surface area contributed by atoms with Crippen LogP contribution >= 0.6 is 0 Å². The molecule has 0 aliphatic heterocycles. The van der Waals surface area contributed by atoms with Crippen molar-refractivity contribution in [2.45, 2.75) is 6.54 Å². The number of hydrogen-bond acceptors (Lipinski definition) is 2. The van der Waals surface area contributed by atoms with E-state index in [1.54, 1.807) is 47.0 Å². The van der Waals surface area contributed by atoms with Crippen molar-refractivity contribution in [2.24, 2.45) is 0 Å². The van der Waals surface area contributed by atoms with Gasteiger partial charge in [0.15, 0.2) is 6.29 Å². The molecule has 22 heavy (non-hydrogen) atoms. The molecule has 0 aliphatic rings. The normalized spacial score (nSPS) is 10.6. The van der Waals surface area contributed by atoms with E-state index >= 15 is 0 Å². The number of carbonyl (C=O) groups excluding carboxylic acids is 2. The third-order valence-corrected chi connectivity index (χ3v) is 3.57. The molecule has 5 heteroatoms. The summed E-state index contributed by atoms with van der Waals surface area (Å²) < 4.78 is 15.6. The Hall–Kier alpha value is -2.95. The smallest absolute Gasteiger partial charge is 0.211 e. The van der Waals surface area contributed by atoms with Gasteiger partial charge in [0.1, 0.15) is 5.82 Å². The summed E-state index contributed by atoms with van der Waals surface area (Å²) in [7, 11) is 0. The summed E-state index contributed by atoms with van der Waals surface area (Å²) in [5.41, 5.74) is 2.42. The van der Waals surface area contributed by atoms with Crippen LogP contribution in [0.1, 0.15) is 16.1 Å². The summed E-state index contributed by atoms with van der Waals surface area (Å²) in [6.45, 7) is 0.269. The summed E-state index contributed by atoms with van der Waals surface area (Å²) in [6.07, 6.45) is 1.34. The standard InChI is InChI=1S/C17H13FN2O2/c18-16-4-2-1-3-12(16)9-20-15(10-21)8-13-7-14(19-11-22)5-6-17(13)20/h1-8,10-11H,9H2,(H,19,22). The molecule has 0 aliphatic carbocycles. The lowest BCUT2D eigenvalue weighted by atomic mass is 10.2. The minimum Gasteiger partial charge on any atom is -0.334 e. The molecule has 4 nitrogen and oxygen atoms in total. The fourth-order valence-electron chi connectivity index (χ4n) is 2.52. The van der Waals surface area contributed by atoms with E-state index < -0.39 is 0 Å². The zero-order valence-electron chi connectivity index (χ0n) is 11.6. The Morgan fingerprint density at radius 1 is 1.09 bits per heavy atom. The van der Waals surface area contributed by atoms with Crippen molar-refractivity contribution in [3.8, 4) is 0 Å². The van der Waals surface area contributed by atoms with E-state index in [1.807, 2.05) is 0 Å². The number of aldehydes is 1. The van der Waals surface area contributed by atoms with Crippen molar-refractivity contribution in [1.82, 2.24) is 4.57 Å². The average molecular weight is 296 g/mol. The molecule has 0 saturated carbocycles. The van der Waals surface area contributed by atoms with E-state index in [4.69, 9.17) is 0 Å². The van der Waals surface area contributed by atoms with Crippen molar-refractivity contribution in [2.75, 3.05) is 5.32 Å². The second kappa shape index (κ2) is 5.81. The second-order valence-corrected chi connectivity index (χ2v) is 4.90. The first-order chi connectivity index (χ1) is 10.7. The molecule has 2 aromatic carbocycles. The van der Waals surface area contributed by atoms with Crippen LogP contribution < -0.4 is 5.32 Å². The Balaban J connectivity index is 2.09. The molecule has 0 bridgehead atoms. The van der Waals surface area contributed by atoms with Gasteiger partial charge in [0.05, 0.1) is 12.2 Å². The van der Waals surface area contributed by atoms with Crippen LogP contribution in [-0.2, 0) is 11.3 Å². The number of nitrogens with zero attached hydrogens (tertiary/aromatic N) is 1. The van der Waals surface area contributed by atoms with Crippen LogP contribution in [0.15, 0.2) is 48.5 Å². The highest BCUT2D eigenvalue weighted by molar-refractivity contribution is 5.92. The van der Waals surface area contributed by atoms with Crippen LogP contribution in [0.3, 0.4) is 0 Å². The van der Waals surface area contributed by atoms with E-state index in [0.29, 0.717) is 23.4 Å². The van der Waals surface area contributed by atoms with Crippen molar-refractivity contribution >= 4 is 29.3 Å². The summed E-state index contributed by atoms with van der Waals surface area (Å²) in [6, 6.07) is 13.5. The third kappa shape index (κ3) is 2.48. The van der Waals surface area contributed by atoms with Gasteiger partial charge in [-0.2, -0.15) is 0 Å². The minimum absolute atomic E-state index is 0.269. The first kappa shape index (κ1) is 14.0. The van der Waals surface area contributed by atoms with Crippen LogP contribution in [0.5, 0.6) is 0 Å². The number of rotatable bonds is 5. The minimum atomic E-state index is -0.305. The number of benzene rings is 2. The number of hydrogen-bond donors (Lipinski definition) is 1. The van der Waals surface area contributed by atoms with E-state index in [0.717, 1.165) is 17.2 Å². The molecule has 0 radical (unpaired) electrons. The largest absolute Gasteiger partial charge is 0.334 e. The van der Waals surface area contributed by atoms with Gasteiger partial charge in [-0.05, 0) is 30.3 Å². The second-order valence-electron chi connectivity index (χ2n) is 4.90. The summed E-state index contributed by atoms with van der Waals surface area (Å²) in [5, 5.41) is 3.38. The highest BCUT2D eigenvalue weighted by Crippen LogP contribution is 2.24. The lowest BCUT2D eigenvalue weighted by Gasteiger charge is -2.09. The molecule has 110 valence electrons. The van der Waals surface area contributed by atoms with Gasteiger partial charge in [-0.1, -0.05) is 18.2 Å². The molecule has 1 N–H and O–H groups in total. The topological polar surface area (TPSA) is 51.1 Å². The molecule has 0 fully saturated rings. The SMILES string of the molecule is O=CNc1ccc2c(c1)cc(C=O)n2Cc1ccccc1F. The van der Waals surface area contributed by atoms with Crippen LogP contribution in [0, 0.1) is 5.82 Å². The quantitative estimate of drug-likeness (QED) is 0.735. The maximum absolute atomic E-state index is 13.8. The van der Waals surface area contributed by atoms with Gasteiger partial charge in [-0.15, -0.1) is 0 Å². The van der Waals surface area contributed by atoms with Crippen LogP contribution in [0.2, 0.25) is 0 Å². The summed E-state index contributed by atoms with van der Waals surface area (Å²) in [4.78, 5) is 21.8. The fraction of sp³-hybridized carbons (Fsp3) is 0.0588. The van der Waals surface area contributed by atoms with Crippen molar-refractivity contribution in [3.63, 3.8) is 0 Å². The Kier molecular flexibility index (Phi) is 3.70. The number of anilines is 1. The Bertz CT molecular complexity index is 855. The van der Waals surface area contributed by atoms with E-state index in [9.17, 15) is 14.0 Å². The van der Waals surface area contributed by atoms with E-state index in [2.05, 4.69) is 5.32 Å². The van der Waals surface area contributed by atoms with Gasteiger partial charge in [0.25, 0.3) is 0 Å². The third-order valence-electron chi connectivity index (χ3n) is 3.57. The Labute approximate surface area is 126 Å². The summed E-state index contributed by atoms with van der Waals surface area (Å²) in [5.74, 6) is -0.305. The number of amides is 1. The number of carbonyl (C=O) groups is 2. The lowest BCUT2D eigenvalue weighted by Crippen LogP contribution is -2.05. The number of fused-ring (bicyclic) bond motifs is 1. The highest BCUT2D eigenvalue weighted by Gasteiger charge is 2.11. The van der Waals surface area contributed by atoms with Crippen molar-refractivity contribution < 1.29 is 14.0 Å².